The Morgan fingerprint density at radius 1 is 1.08 bits per heavy atom. The van der Waals surface area contributed by atoms with Crippen molar-refractivity contribution in [1.82, 2.24) is 15.0 Å². The molecule has 0 saturated heterocycles. The second-order valence-electron chi connectivity index (χ2n) is 8.64. The smallest absolute Gasteiger partial charge is 0.300 e. The van der Waals surface area contributed by atoms with E-state index in [2.05, 4.69) is 26.9 Å². The lowest BCUT2D eigenvalue weighted by atomic mass is 9.99. The predicted octanol–water partition coefficient (Wildman–Crippen LogP) is 4.90. The van der Waals surface area contributed by atoms with Gasteiger partial charge in [0.2, 0.25) is 0 Å². The molecule has 1 fully saturated rings. The Kier molecular flexibility index (Phi) is 8.76. The van der Waals surface area contributed by atoms with Crippen molar-refractivity contribution in [2.75, 3.05) is 16.6 Å². The van der Waals surface area contributed by atoms with Crippen molar-refractivity contribution in [3.8, 4) is 0 Å². The Morgan fingerprint density at radius 3 is 2.49 bits per heavy atom. The number of benzene rings is 2. The first-order valence-corrected chi connectivity index (χ1v) is 14.1. The van der Waals surface area contributed by atoms with Gasteiger partial charge in [-0.3, -0.25) is 9.52 Å². The molecule has 14 heteroatoms. The van der Waals surface area contributed by atoms with Crippen LogP contribution in [-0.2, 0) is 16.6 Å². The summed E-state index contributed by atoms with van der Waals surface area (Å²) in [6.45, 7) is 3.49. The summed E-state index contributed by atoms with van der Waals surface area (Å²) >= 11 is 1.88. The summed E-state index contributed by atoms with van der Waals surface area (Å²) in [5.74, 6) is -6.19. The number of amides is 1. The highest BCUT2D eigenvalue weighted by atomic mass is 127. The molecule has 1 heterocycles. The summed E-state index contributed by atoms with van der Waals surface area (Å²) in [5, 5.41) is 4.90. The maximum absolute atomic E-state index is 15.4. The molecule has 0 radical (unpaired) electrons. The van der Waals surface area contributed by atoms with Gasteiger partial charge >= 0.3 is 10.2 Å². The molecule has 1 aliphatic rings. The van der Waals surface area contributed by atoms with E-state index in [0.29, 0.717) is 16.4 Å². The molecule has 1 aliphatic carbocycles. The van der Waals surface area contributed by atoms with Gasteiger partial charge in [0.25, 0.3) is 5.91 Å². The molecule has 0 bridgehead atoms. The van der Waals surface area contributed by atoms with Gasteiger partial charge in [-0.2, -0.15) is 13.1 Å². The van der Waals surface area contributed by atoms with Crippen molar-refractivity contribution in [3.05, 3.63) is 92.7 Å². The van der Waals surface area contributed by atoms with E-state index in [9.17, 15) is 17.6 Å². The van der Waals surface area contributed by atoms with E-state index in [1.54, 1.807) is 0 Å². The third-order valence-corrected chi connectivity index (χ3v) is 7.38. The third-order valence-electron chi connectivity index (χ3n) is 5.60. The molecule has 2 aromatic carbocycles. The number of halogens is 5. The molecule has 0 aliphatic heterocycles. The van der Waals surface area contributed by atoms with Crippen molar-refractivity contribution >= 4 is 55.9 Å². The zero-order valence-corrected chi connectivity index (χ0v) is 23.1. The Labute approximate surface area is 235 Å². The molecule has 0 atom stereocenters. The van der Waals surface area contributed by atoms with Crippen molar-refractivity contribution < 1.29 is 30.8 Å². The molecule has 206 valence electrons. The van der Waals surface area contributed by atoms with Gasteiger partial charge in [0.1, 0.15) is 5.82 Å². The number of anilines is 3. The molecule has 1 aromatic heterocycles. The predicted molar refractivity (Wildman–Crippen MR) is 147 cm³/mol. The fourth-order valence-corrected chi connectivity index (χ4v) is 5.15. The maximum Gasteiger partial charge on any atom is 0.300 e. The number of rotatable bonds is 11. The summed E-state index contributed by atoms with van der Waals surface area (Å²) in [5.41, 5.74) is -1.80. The Balaban J connectivity index is 1.71. The Hall–Kier alpha value is -3.24. The van der Waals surface area contributed by atoms with E-state index >= 15 is 13.2 Å². The summed E-state index contributed by atoms with van der Waals surface area (Å²) in [6.07, 6.45) is 3.24. The zero-order valence-electron chi connectivity index (χ0n) is 20.1. The molecule has 3 aromatic rings. The van der Waals surface area contributed by atoms with Gasteiger partial charge in [0.05, 0.1) is 16.9 Å². The quantitative estimate of drug-likeness (QED) is 0.131. The molecule has 39 heavy (non-hydrogen) atoms. The molecule has 1 saturated carbocycles. The standard InChI is InChI=1S/C25H22F4IN5O3S/c1-2-8-32-25(36)17-11-14(20(27)22(29)23(17)33-19-6-3-15(30)12-18(19)26)10-13-7-9-31-24(21(13)28)35-39(37,38)34-16-4-5-16/h2-3,6-7,9,11-12,16,33-34H,1,4-5,8,10H2,(H,31,35)(H,32,36). The topological polar surface area (TPSA) is 112 Å². The molecule has 8 nitrogen and oxygen atoms in total. The average molecular weight is 675 g/mol. The van der Waals surface area contributed by atoms with Crippen molar-refractivity contribution in [2.45, 2.75) is 25.3 Å². The van der Waals surface area contributed by atoms with Gasteiger partial charge < -0.3 is 10.6 Å². The van der Waals surface area contributed by atoms with Crippen LogP contribution in [-0.4, -0.2) is 31.9 Å². The molecule has 1 amide bonds. The van der Waals surface area contributed by atoms with Crippen LogP contribution in [0.15, 0.2) is 49.2 Å². The normalized spacial score (nSPS) is 13.2. The molecular weight excluding hydrogens is 653 g/mol. The van der Waals surface area contributed by atoms with E-state index in [-0.39, 0.29) is 29.4 Å². The van der Waals surface area contributed by atoms with Gasteiger partial charge in [0.15, 0.2) is 23.3 Å². The largest absolute Gasteiger partial charge is 0.350 e. The average Bonchev–Trinajstić information content (AvgIpc) is 3.68. The van der Waals surface area contributed by atoms with Crippen LogP contribution in [0, 0.1) is 26.8 Å². The van der Waals surface area contributed by atoms with Gasteiger partial charge in [0, 0.05) is 28.8 Å². The minimum absolute atomic E-state index is 0.00186. The number of pyridine rings is 1. The van der Waals surface area contributed by atoms with Crippen LogP contribution in [0.3, 0.4) is 0 Å². The summed E-state index contributed by atoms with van der Waals surface area (Å²) < 4.78 is 89.5. The minimum Gasteiger partial charge on any atom is -0.350 e. The van der Waals surface area contributed by atoms with Crippen LogP contribution >= 0.6 is 22.6 Å². The molecule has 0 unspecified atom stereocenters. The number of carbonyl (C=O) groups is 1. The van der Waals surface area contributed by atoms with Crippen molar-refractivity contribution in [2.24, 2.45) is 0 Å². The SMILES string of the molecule is C=CCNC(=O)c1cc(Cc2ccnc(NS(=O)(=O)NC3CC3)c2F)c(F)c(F)c1Nc1ccc(I)cc1F. The Morgan fingerprint density at radius 2 is 1.82 bits per heavy atom. The number of carbonyl (C=O) groups excluding carboxylic acids is 1. The van der Waals surface area contributed by atoms with Crippen LogP contribution in [0.4, 0.5) is 34.8 Å². The number of aromatic nitrogens is 1. The number of nitrogens with one attached hydrogen (secondary N) is 4. The zero-order chi connectivity index (χ0) is 28.3. The van der Waals surface area contributed by atoms with Crippen LogP contribution < -0.4 is 20.1 Å². The first-order valence-electron chi connectivity index (χ1n) is 11.5. The van der Waals surface area contributed by atoms with Gasteiger partial charge in [-0.1, -0.05) is 6.08 Å². The summed E-state index contributed by atoms with van der Waals surface area (Å²) in [6, 6.07) is 5.95. The van der Waals surface area contributed by atoms with Gasteiger partial charge in [-0.05, 0) is 76.9 Å². The number of hydrogen-bond acceptors (Lipinski definition) is 5. The number of hydrogen-bond donors (Lipinski definition) is 4. The Bertz CT molecular complexity index is 1550. The highest BCUT2D eigenvalue weighted by Crippen LogP contribution is 2.32. The van der Waals surface area contributed by atoms with Crippen LogP contribution in [0.25, 0.3) is 0 Å². The second-order valence-corrected chi connectivity index (χ2v) is 11.3. The second kappa shape index (κ2) is 11.9. The maximum atomic E-state index is 15.4. The lowest BCUT2D eigenvalue weighted by Crippen LogP contribution is -2.32. The summed E-state index contributed by atoms with van der Waals surface area (Å²) in [4.78, 5) is 16.5. The first kappa shape index (κ1) is 28.8. The molecule has 0 spiro atoms. The summed E-state index contributed by atoms with van der Waals surface area (Å²) in [7, 11) is -4.10. The van der Waals surface area contributed by atoms with Crippen LogP contribution in [0.1, 0.15) is 34.3 Å². The molecule has 4 N–H and O–H groups in total. The van der Waals surface area contributed by atoms with E-state index < -0.39 is 62.9 Å². The lowest BCUT2D eigenvalue weighted by molar-refractivity contribution is 0.0958. The van der Waals surface area contributed by atoms with Gasteiger partial charge in [-0.15, -0.1) is 6.58 Å². The van der Waals surface area contributed by atoms with E-state index in [1.165, 1.54) is 30.3 Å². The fourth-order valence-electron chi connectivity index (χ4n) is 3.57. The first-order chi connectivity index (χ1) is 18.5. The van der Waals surface area contributed by atoms with E-state index in [1.807, 2.05) is 27.3 Å². The minimum atomic E-state index is -4.10. The lowest BCUT2D eigenvalue weighted by Gasteiger charge is -2.17. The van der Waals surface area contributed by atoms with E-state index in [4.69, 9.17) is 0 Å². The number of nitrogens with zero attached hydrogens (tertiary/aromatic N) is 1. The molecule has 4 rings (SSSR count). The monoisotopic (exact) mass is 675 g/mol. The van der Waals surface area contributed by atoms with Crippen LogP contribution in [0.5, 0.6) is 0 Å². The molecular formula is C25H22F4IN5O3S. The van der Waals surface area contributed by atoms with Crippen LogP contribution in [0.2, 0.25) is 0 Å². The van der Waals surface area contributed by atoms with Crippen molar-refractivity contribution in [1.29, 1.82) is 0 Å². The fraction of sp³-hybridized carbons (Fsp3) is 0.200. The van der Waals surface area contributed by atoms with Gasteiger partial charge in [-0.25, -0.2) is 22.5 Å². The highest BCUT2D eigenvalue weighted by Gasteiger charge is 2.28. The third kappa shape index (κ3) is 7.05. The van der Waals surface area contributed by atoms with Crippen molar-refractivity contribution in [3.63, 3.8) is 0 Å². The van der Waals surface area contributed by atoms with E-state index in [0.717, 1.165) is 12.3 Å². The highest BCUT2D eigenvalue weighted by molar-refractivity contribution is 14.1.